The average Bonchev–Trinajstić information content (AvgIpc) is 3.43. The summed E-state index contributed by atoms with van der Waals surface area (Å²) in [4.78, 5) is 56.2. The molecule has 170 valence electrons. The van der Waals surface area contributed by atoms with Gasteiger partial charge in [0, 0.05) is 28.9 Å². The number of allylic oxidation sites excluding steroid dienone is 1. The fourth-order valence-electron chi connectivity index (χ4n) is 4.00. The topological polar surface area (TPSA) is 99.2 Å². The Morgan fingerprint density at radius 1 is 0.971 bits per heavy atom. The van der Waals surface area contributed by atoms with Gasteiger partial charge >= 0.3 is 0 Å². The van der Waals surface area contributed by atoms with Gasteiger partial charge in [0.2, 0.25) is 5.91 Å². The number of amides is 4. The van der Waals surface area contributed by atoms with E-state index in [4.69, 9.17) is 0 Å². The molecule has 0 saturated carbocycles. The van der Waals surface area contributed by atoms with E-state index < -0.39 is 6.04 Å². The van der Waals surface area contributed by atoms with Crippen LogP contribution in [-0.2, 0) is 25.6 Å². The van der Waals surface area contributed by atoms with Gasteiger partial charge in [0.05, 0.1) is 12.1 Å². The number of amidine groups is 1. The van der Waals surface area contributed by atoms with E-state index in [1.807, 2.05) is 49.5 Å². The Morgan fingerprint density at radius 2 is 1.59 bits per heavy atom. The zero-order valence-corrected chi connectivity index (χ0v) is 19.0. The Labute approximate surface area is 200 Å². The quantitative estimate of drug-likeness (QED) is 0.649. The van der Waals surface area contributed by atoms with Gasteiger partial charge < -0.3 is 10.2 Å². The molecule has 8 nitrogen and oxygen atoms in total. The van der Waals surface area contributed by atoms with Gasteiger partial charge in [-0.2, -0.15) is 4.99 Å². The fraction of sp³-hybridized carbons (Fsp3) is 0.160. The predicted molar refractivity (Wildman–Crippen MR) is 130 cm³/mol. The molecule has 0 spiro atoms. The van der Waals surface area contributed by atoms with Gasteiger partial charge in [0.25, 0.3) is 17.7 Å². The fourth-order valence-corrected chi connectivity index (χ4v) is 4.87. The minimum Gasteiger partial charge on any atom is -0.326 e. The number of fused-ring (bicyclic) bond motifs is 1. The van der Waals surface area contributed by atoms with Gasteiger partial charge in [-0.05, 0) is 48.7 Å². The third-order valence-corrected chi connectivity index (χ3v) is 6.56. The predicted octanol–water partition coefficient (Wildman–Crippen LogP) is 3.21. The molecule has 34 heavy (non-hydrogen) atoms. The van der Waals surface area contributed by atoms with Crippen molar-refractivity contribution in [3.63, 3.8) is 0 Å². The molecule has 0 radical (unpaired) electrons. The van der Waals surface area contributed by atoms with Gasteiger partial charge in [-0.25, -0.2) is 4.90 Å². The molecule has 0 saturated heterocycles. The van der Waals surface area contributed by atoms with E-state index in [1.165, 1.54) is 23.9 Å². The summed E-state index contributed by atoms with van der Waals surface area (Å²) in [7, 11) is 0. The highest BCUT2D eigenvalue weighted by atomic mass is 32.2. The van der Waals surface area contributed by atoms with Crippen molar-refractivity contribution < 1.29 is 19.2 Å². The number of nitrogens with one attached hydrogen (secondary N) is 1. The number of nitrogens with zero attached hydrogens (tertiary/aromatic N) is 3. The van der Waals surface area contributed by atoms with Crippen molar-refractivity contribution in [2.45, 2.75) is 25.8 Å². The normalized spacial score (nSPS) is 19.0. The van der Waals surface area contributed by atoms with Gasteiger partial charge in [-0.15, -0.1) is 0 Å². The lowest BCUT2D eigenvalue weighted by Gasteiger charge is -2.18. The van der Waals surface area contributed by atoms with Crippen LogP contribution in [0.1, 0.15) is 24.5 Å². The van der Waals surface area contributed by atoms with Crippen LogP contribution in [0.5, 0.6) is 0 Å². The highest BCUT2D eigenvalue weighted by Gasteiger charge is 2.38. The first-order valence-corrected chi connectivity index (χ1v) is 11.5. The van der Waals surface area contributed by atoms with E-state index in [9.17, 15) is 19.2 Å². The van der Waals surface area contributed by atoms with Crippen molar-refractivity contribution in [1.29, 1.82) is 0 Å². The van der Waals surface area contributed by atoms with Crippen molar-refractivity contribution in [1.82, 2.24) is 4.90 Å². The molecule has 1 N–H and O–H groups in total. The monoisotopic (exact) mass is 472 g/mol. The molecule has 3 aliphatic heterocycles. The summed E-state index contributed by atoms with van der Waals surface area (Å²) >= 11 is 1.43. The van der Waals surface area contributed by atoms with Gasteiger partial charge in [-0.1, -0.05) is 36.0 Å². The summed E-state index contributed by atoms with van der Waals surface area (Å²) in [5, 5.41) is 3.48. The molecule has 2 aromatic carbocycles. The van der Waals surface area contributed by atoms with Gasteiger partial charge in [0.15, 0.2) is 5.17 Å². The molecule has 4 amide bonds. The second-order valence-corrected chi connectivity index (χ2v) is 9.35. The second kappa shape index (κ2) is 8.75. The third-order valence-electron chi connectivity index (χ3n) is 5.65. The molecule has 1 unspecified atom stereocenters. The number of imide groups is 1. The van der Waals surface area contributed by atoms with E-state index in [0.29, 0.717) is 23.0 Å². The molecule has 3 heterocycles. The second-order valence-electron chi connectivity index (χ2n) is 8.14. The number of hydrogen-bond acceptors (Lipinski definition) is 6. The number of aliphatic imine (C=N–C) groups is 1. The van der Waals surface area contributed by atoms with Crippen LogP contribution in [0, 0.1) is 0 Å². The first kappa shape index (κ1) is 21.8. The highest BCUT2D eigenvalue weighted by molar-refractivity contribution is 8.17. The van der Waals surface area contributed by atoms with Crippen molar-refractivity contribution in [3.05, 3.63) is 82.9 Å². The van der Waals surface area contributed by atoms with Gasteiger partial charge in [-0.3, -0.25) is 19.2 Å². The Hall–Kier alpha value is -3.98. The lowest BCUT2D eigenvalue weighted by atomic mass is 10.0. The van der Waals surface area contributed by atoms with E-state index >= 15 is 0 Å². The number of carbonyl (C=O) groups is 4. The first-order valence-electron chi connectivity index (χ1n) is 10.7. The molecule has 0 fully saturated rings. The maximum absolute atomic E-state index is 12.5. The minimum atomic E-state index is -0.593. The molecule has 0 bridgehead atoms. The minimum absolute atomic E-state index is 0.0296. The van der Waals surface area contributed by atoms with E-state index in [-0.39, 0.29) is 30.0 Å². The van der Waals surface area contributed by atoms with Crippen LogP contribution >= 0.6 is 11.8 Å². The summed E-state index contributed by atoms with van der Waals surface area (Å²) in [6, 6.07) is 14.2. The van der Waals surface area contributed by atoms with Crippen molar-refractivity contribution in [3.8, 4) is 0 Å². The number of carbonyl (C=O) groups excluding carboxylic acids is 4. The van der Waals surface area contributed by atoms with Crippen LogP contribution < -0.4 is 10.2 Å². The molecule has 9 heteroatoms. The van der Waals surface area contributed by atoms with Crippen LogP contribution in [-0.4, -0.2) is 39.7 Å². The molecule has 0 aliphatic carbocycles. The van der Waals surface area contributed by atoms with Crippen molar-refractivity contribution >= 4 is 51.9 Å². The third kappa shape index (κ3) is 4.29. The maximum Gasteiger partial charge on any atom is 0.271 e. The molecule has 5 rings (SSSR count). The largest absolute Gasteiger partial charge is 0.326 e. The SMILES string of the molecule is CC1=CN2C(=NC(=O)C2CC(=O)Nc2ccc(Cc3ccc(N4C(=O)C=CC4=O)cc3)cc2)S1. The number of thioether (sulfide) groups is 1. The summed E-state index contributed by atoms with van der Waals surface area (Å²) in [6.45, 7) is 1.94. The molecule has 2 aromatic rings. The lowest BCUT2D eigenvalue weighted by Crippen LogP contribution is -2.35. The summed E-state index contributed by atoms with van der Waals surface area (Å²) in [5.41, 5.74) is 3.25. The zero-order chi connectivity index (χ0) is 23.8. The molecule has 0 aromatic heterocycles. The Kier molecular flexibility index (Phi) is 5.62. The van der Waals surface area contributed by atoms with E-state index in [1.54, 1.807) is 17.0 Å². The van der Waals surface area contributed by atoms with Crippen LogP contribution in [0.4, 0.5) is 11.4 Å². The summed E-state index contributed by atoms with van der Waals surface area (Å²) < 4.78 is 0. The molecule has 3 aliphatic rings. The van der Waals surface area contributed by atoms with E-state index in [2.05, 4.69) is 10.3 Å². The number of benzene rings is 2. The molecular weight excluding hydrogens is 452 g/mol. The number of hydrogen-bond donors (Lipinski definition) is 1. The average molecular weight is 473 g/mol. The Balaban J connectivity index is 1.17. The summed E-state index contributed by atoms with van der Waals surface area (Å²) in [5.74, 6) is -1.22. The smallest absolute Gasteiger partial charge is 0.271 e. The first-order chi connectivity index (χ1) is 16.4. The highest BCUT2D eigenvalue weighted by Crippen LogP contribution is 2.34. The standard InChI is InChI=1S/C25H20N4O4S/c1-15-14-28-20(24(33)27-25(28)34-15)13-21(30)26-18-6-2-16(3-7-18)12-17-4-8-19(9-5-17)29-22(31)10-11-23(29)32/h2-11,14,20H,12-13H2,1H3,(H,26,30). The van der Waals surface area contributed by atoms with Crippen molar-refractivity contribution in [2.75, 3.05) is 10.2 Å². The number of rotatable bonds is 6. The van der Waals surface area contributed by atoms with Crippen LogP contribution in [0.2, 0.25) is 0 Å². The lowest BCUT2D eigenvalue weighted by molar-refractivity contribution is -0.124. The van der Waals surface area contributed by atoms with Crippen molar-refractivity contribution in [2.24, 2.45) is 4.99 Å². The molecular formula is C25H20N4O4S. The van der Waals surface area contributed by atoms with Crippen LogP contribution in [0.25, 0.3) is 0 Å². The van der Waals surface area contributed by atoms with E-state index in [0.717, 1.165) is 20.9 Å². The Morgan fingerprint density at radius 3 is 2.24 bits per heavy atom. The van der Waals surface area contributed by atoms with Gasteiger partial charge in [0.1, 0.15) is 6.04 Å². The van der Waals surface area contributed by atoms with Crippen LogP contribution in [0.3, 0.4) is 0 Å². The summed E-state index contributed by atoms with van der Waals surface area (Å²) in [6.07, 6.45) is 5.06. The van der Waals surface area contributed by atoms with Crippen LogP contribution in [0.15, 0.2) is 76.8 Å². The maximum atomic E-state index is 12.5. The zero-order valence-electron chi connectivity index (χ0n) is 18.2. The Bertz CT molecular complexity index is 1280. The number of anilines is 2. The molecule has 1 atom stereocenters.